The van der Waals surface area contributed by atoms with Crippen LogP contribution in [0.3, 0.4) is 0 Å². The molecule has 0 unspecified atom stereocenters. The molecule has 1 atom stereocenters. The average Bonchev–Trinajstić information content (AvgIpc) is 3.38. The molecule has 1 aromatic heterocycles. The summed E-state index contributed by atoms with van der Waals surface area (Å²) in [6.45, 7) is 4.19. The van der Waals surface area contributed by atoms with Crippen molar-refractivity contribution >= 4 is 23.5 Å². The Morgan fingerprint density at radius 3 is 2.84 bits per heavy atom. The predicted octanol–water partition coefficient (Wildman–Crippen LogP) is 1.68. The van der Waals surface area contributed by atoms with E-state index in [0.29, 0.717) is 24.7 Å². The minimum atomic E-state index is -0.269. The Labute approximate surface area is 186 Å². The average molecular weight is 438 g/mol. The van der Waals surface area contributed by atoms with Gasteiger partial charge >= 0.3 is 0 Å². The summed E-state index contributed by atoms with van der Waals surface area (Å²) in [5.74, 6) is 1.46. The Hall–Kier alpha value is -3.49. The van der Waals surface area contributed by atoms with Gasteiger partial charge in [-0.2, -0.15) is 0 Å². The number of carbonyl (C=O) groups is 3. The lowest BCUT2D eigenvalue weighted by Crippen LogP contribution is -2.39. The number of likely N-dealkylation sites (tertiary alicyclic amines) is 1. The van der Waals surface area contributed by atoms with Gasteiger partial charge in [0.05, 0.1) is 32.7 Å². The third-order valence-corrected chi connectivity index (χ3v) is 5.93. The monoisotopic (exact) mass is 437 g/mol. The van der Waals surface area contributed by atoms with E-state index in [1.807, 2.05) is 31.2 Å². The molecule has 3 amide bonds. The van der Waals surface area contributed by atoms with Crippen LogP contribution >= 0.6 is 0 Å². The van der Waals surface area contributed by atoms with Crippen LogP contribution in [0.25, 0.3) is 0 Å². The van der Waals surface area contributed by atoms with E-state index in [2.05, 4.69) is 10.3 Å². The molecule has 3 heterocycles. The number of ether oxygens (including phenoxy) is 1. The highest BCUT2D eigenvalue weighted by atomic mass is 16.5. The maximum atomic E-state index is 12.8. The zero-order valence-electron chi connectivity index (χ0n) is 18.6. The molecule has 1 saturated heterocycles. The number of aromatic nitrogens is 2. The smallest absolute Gasteiger partial charge is 0.242 e. The summed E-state index contributed by atoms with van der Waals surface area (Å²) in [6.07, 6.45) is 1.84. The van der Waals surface area contributed by atoms with E-state index in [1.165, 1.54) is 6.92 Å². The molecule has 0 saturated carbocycles. The van der Waals surface area contributed by atoms with Gasteiger partial charge < -0.3 is 15.0 Å². The van der Waals surface area contributed by atoms with Crippen LogP contribution in [0.1, 0.15) is 48.5 Å². The quantitative estimate of drug-likeness (QED) is 0.737. The van der Waals surface area contributed by atoms with Crippen molar-refractivity contribution in [2.24, 2.45) is 0 Å². The Bertz CT molecular complexity index is 1070. The molecular formula is C23H27N5O4. The fraction of sp³-hybridized carbons (Fsp3) is 0.435. The number of methoxy groups -OCH3 is 1. The Kier molecular flexibility index (Phi) is 6.07. The summed E-state index contributed by atoms with van der Waals surface area (Å²) in [5.41, 5.74) is 2.53. The van der Waals surface area contributed by atoms with Crippen LogP contribution < -0.4 is 15.0 Å². The van der Waals surface area contributed by atoms with Crippen molar-refractivity contribution in [3.8, 4) is 5.75 Å². The molecule has 168 valence electrons. The van der Waals surface area contributed by atoms with E-state index in [1.54, 1.807) is 16.9 Å². The molecule has 4 rings (SSSR count). The maximum absolute atomic E-state index is 12.8. The molecule has 9 heteroatoms. The third kappa shape index (κ3) is 4.28. The molecule has 32 heavy (non-hydrogen) atoms. The van der Waals surface area contributed by atoms with Gasteiger partial charge in [-0.15, -0.1) is 0 Å². The Balaban J connectivity index is 1.61. The molecule has 2 aliphatic rings. The standard InChI is InChI=1S/C23H27N5O4/c1-14-18-11-20(30)28(13-16-6-4-7-17(10-16)32-3)23(18)26-22(25-14)19-8-5-9-27(19)21(31)12-24-15(2)29/h4,6-7,10,19H,5,8-9,11-13H2,1-3H3,(H,24,29)/t19-/m1/s1. The number of amides is 3. The molecular weight excluding hydrogens is 410 g/mol. The molecule has 9 nitrogen and oxygen atoms in total. The first-order chi connectivity index (χ1) is 15.4. The van der Waals surface area contributed by atoms with Gasteiger partial charge in [0, 0.05) is 24.7 Å². The Morgan fingerprint density at radius 2 is 2.09 bits per heavy atom. The van der Waals surface area contributed by atoms with E-state index < -0.39 is 0 Å². The topological polar surface area (TPSA) is 105 Å². The van der Waals surface area contributed by atoms with Gasteiger partial charge in [-0.25, -0.2) is 9.97 Å². The number of hydrogen-bond donors (Lipinski definition) is 1. The molecule has 1 aromatic carbocycles. The van der Waals surface area contributed by atoms with Gasteiger partial charge in [0.2, 0.25) is 17.7 Å². The molecule has 0 radical (unpaired) electrons. The van der Waals surface area contributed by atoms with Crippen LogP contribution in [-0.4, -0.2) is 52.8 Å². The van der Waals surface area contributed by atoms with E-state index in [4.69, 9.17) is 9.72 Å². The second-order valence-corrected chi connectivity index (χ2v) is 8.13. The van der Waals surface area contributed by atoms with Crippen molar-refractivity contribution in [1.29, 1.82) is 0 Å². The van der Waals surface area contributed by atoms with Crippen LogP contribution in [0.4, 0.5) is 5.82 Å². The lowest BCUT2D eigenvalue weighted by atomic mass is 10.1. The summed E-state index contributed by atoms with van der Waals surface area (Å²) in [7, 11) is 1.61. The zero-order valence-corrected chi connectivity index (χ0v) is 18.6. The number of nitrogens with one attached hydrogen (secondary N) is 1. The van der Waals surface area contributed by atoms with Crippen molar-refractivity contribution in [2.75, 3.05) is 25.1 Å². The molecule has 2 aromatic rings. The van der Waals surface area contributed by atoms with Gasteiger partial charge in [-0.3, -0.25) is 19.3 Å². The Morgan fingerprint density at radius 1 is 1.28 bits per heavy atom. The van der Waals surface area contributed by atoms with Crippen molar-refractivity contribution in [2.45, 2.75) is 45.7 Å². The minimum absolute atomic E-state index is 0.0256. The fourth-order valence-electron chi connectivity index (χ4n) is 4.30. The van der Waals surface area contributed by atoms with Crippen molar-refractivity contribution < 1.29 is 19.1 Å². The molecule has 2 aliphatic heterocycles. The van der Waals surface area contributed by atoms with Crippen LogP contribution in [0.5, 0.6) is 5.75 Å². The van der Waals surface area contributed by atoms with Gasteiger partial charge in [0.1, 0.15) is 11.6 Å². The van der Waals surface area contributed by atoms with Crippen LogP contribution in [0, 0.1) is 6.92 Å². The molecule has 0 spiro atoms. The van der Waals surface area contributed by atoms with Crippen LogP contribution in [0.15, 0.2) is 24.3 Å². The highest BCUT2D eigenvalue weighted by molar-refractivity contribution is 6.00. The summed E-state index contributed by atoms with van der Waals surface area (Å²) < 4.78 is 5.30. The summed E-state index contributed by atoms with van der Waals surface area (Å²) in [6, 6.07) is 7.33. The van der Waals surface area contributed by atoms with Crippen molar-refractivity contribution in [3.63, 3.8) is 0 Å². The summed E-state index contributed by atoms with van der Waals surface area (Å²) in [5, 5.41) is 2.56. The number of hydrogen-bond acceptors (Lipinski definition) is 6. The second-order valence-electron chi connectivity index (χ2n) is 8.13. The van der Waals surface area contributed by atoms with Crippen molar-refractivity contribution in [3.05, 3.63) is 46.9 Å². The van der Waals surface area contributed by atoms with Crippen LogP contribution in [0.2, 0.25) is 0 Å². The van der Waals surface area contributed by atoms with Gasteiger partial charge in [-0.05, 0) is 37.5 Å². The normalized spacial score (nSPS) is 17.5. The van der Waals surface area contributed by atoms with E-state index in [-0.39, 0.29) is 36.7 Å². The summed E-state index contributed by atoms with van der Waals surface area (Å²) >= 11 is 0. The first-order valence-electron chi connectivity index (χ1n) is 10.7. The maximum Gasteiger partial charge on any atom is 0.242 e. The highest BCUT2D eigenvalue weighted by Gasteiger charge is 2.36. The molecule has 0 bridgehead atoms. The minimum Gasteiger partial charge on any atom is -0.497 e. The lowest BCUT2D eigenvalue weighted by Gasteiger charge is -2.25. The first kappa shape index (κ1) is 21.7. The SMILES string of the molecule is COc1cccc(CN2C(=O)Cc3c(C)nc([C@H]4CCCN4C(=O)CNC(C)=O)nc32)c1. The predicted molar refractivity (Wildman–Crippen MR) is 117 cm³/mol. The zero-order chi connectivity index (χ0) is 22.8. The van der Waals surface area contributed by atoms with E-state index in [0.717, 1.165) is 35.4 Å². The number of anilines is 1. The number of carbonyl (C=O) groups excluding carboxylic acids is 3. The second kappa shape index (κ2) is 8.94. The van der Waals surface area contributed by atoms with E-state index >= 15 is 0 Å². The number of benzene rings is 1. The number of fused-ring (bicyclic) bond motifs is 1. The summed E-state index contributed by atoms with van der Waals surface area (Å²) in [4.78, 5) is 49.5. The van der Waals surface area contributed by atoms with E-state index in [9.17, 15) is 14.4 Å². The number of nitrogens with zero attached hydrogens (tertiary/aromatic N) is 4. The molecule has 1 fully saturated rings. The molecule has 1 N–H and O–H groups in total. The molecule has 0 aliphatic carbocycles. The number of aryl methyl sites for hydroxylation is 1. The lowest BCUT2D eigenvalue weighted by molar-refractivity contribution is -0.133. The van der Waals surface area contributed by atoms with Gasteiger partial charge in [0.25, 0.3) is 0 Å². The van der Waals surface area contributed by atoms with Crippen molar-refractivity contribution in [1.82, 2.24) is 20.2 Å². The largest absolute Gasteiger partial charge is 0.497 e. The number of rotatable bonds is 6. The fourth-order valence-corrected chi connectivity index (χ4v) is 4.30. The van der Waals surface area contributed by atoms with Crippen LogP contribution in [-0.2, 0) is 27.3 Å². The highest BCUT2D eigenvalue weighted by Crippen LogP contribution is 2.35. The third-order valence-electron chi connectivity index (χ3n) is 5.93. The first-order valence-corrected chi connectivity index (χ1v) is 10.7. The van der Waals surface area contributed by atoms with Gasteiger partial charge in [-0.1, -0.05) is 12.1 Å². The van der Waals surface area contributed by atoms with Gasteiger partial charge in [0.15, 0.2) is 5.82 Å².